The van der Waals surface area contributed by atoms with E-state index in [1.165, 1.54) is 55.8 Å². The number of amides is 1. The van der Waals surface area contributed by atoms with E-state index in [0.29, 0.717) is 25.1 Å². The van der Waals surface area contributed by atoms with E-state index < -0.39 is 26.0 Å². The van der Waals surface area contributed by atoms with Gasteiger partial charge in [-0.3, -0.25) is 4.79 Å². The Kier molecular flexibility index (Phi) is 8.25. The molecule has 2 aromatic carbocycles. The second-order valence-electron chi connectivity index (χ2n) is 8.15. The first kappa shape index (κ1) is 26.4. The first-order valence-electron chi connectivity index (χ1n) is 10.6. The number of piperidine rings is 1. The van der Waals surface area contributed by atoms with Crippen molar-refractivity contribution in [3.63, 3.8) is 0 Å². The molecule has 0 aromatic heterocycles. The standard InChI is InChI=1S/C22H28ClN3O6S2/c1-25(2)33(28,29)18-8-6-16(7-9-18)14-24-22(27)17-5-4-12-26(15-17)34(30,31)19-10-11-21(32-3)20(23)13-19/h6-11,13,17H,4-5,12,14-15H2,1-3H3,(H,24,27)/t17-/m0/s1. The molecule has 9 nitrogen and oxygen atoms in total. The number of carbonyl (C=O) groups excluding carboxylic acids is 1. The lowest BCUT2D eigenvalue weighted by Crippen LogP contribution is -2.45. The number of carbonyl (C=O) groups is 1. The molecule has 1 heterocycles. The molecular formula is C22H28ClN3O6S2. The Labute approximate surface area is 205 Å². The number of sulfonamides is 2. The second-order valence-corrected chi connectivity index (χ2v) is 12.6. The van der Waals surface area contributed by atoms with Crippen molar-refractivity contribution in [3.05, 3.63) is 53.1 Å². The minimum Gasteiger partial charge on any atom is -0.495 e. The molecule has 1 N–H and O–H groups in total. The molecule has 2 aromatic rings. The minimum atomic E-state index is -3.82. The lowest BCUT2D eigenvalue weighted by molar-refractivity contribution is -0.126. The molecule has 3 rings (SSSR count). The molecule has 0 unspecified atom stereocenters. The molecule has 34 heavy (non-hydrogen) atoms. The van der Waals surface area contributed by atoms with E-state index in [1.807, 2.05) is 0 Å². The Morgan fingerprint density at radius 2 is 1.76 bits per heavy atom. The molecule has 0 bridgehead atoms. The highest BCUT2D eigenvalue weighted by Crippen LogP contribution is 2.30. The van der Waals surface area contributed by atoms with E-state index in [1.54, 1.807) is 12.1 Å². The third kappa shape index (κ3) is 5.72. The Hall–Kier alpha value is -2.18. The van der Waals surface area contributed by atoms with E-state index in [-0.39, 0.29) is 33.8 Å². The molecule has 1 amide bonds. The largest absolute Gasteiger partial charge is 0.495 e. The highest BCUT2D eigenvalue weighted by atomic mass is 35.5. The maximum atomic E-state index is 13.1. The zero-order chi connectivity index (χ0) is 25.1. The summed E-state index contributed by atoms with van der Waals surface area (Å²) in [5, 5.41) is 3.02. The summed E-state index contributed by atoms with van der Waals surface area (Å²) < 4.78 is 58.0. The van der Waals surface area contributed by atoms with E-state index in [0.717, 1.165) is 9.87 Å². The summed E-state index contributed by atoms with van der Waals surface area (Å²) in [7, 11) is -2.97. The van der Waals surface area contributed by atoms with Gasteiger partial charge in [0.15, 0.2) is 0 Å². The van der Waals surface area contributed by atoms with Crippen molar-refractivity contribution >= 4 is 37.6 Å². The van der Waals surface area contributed by atoms with Crippen molar-refractivity contribution in [1.82, 2.24) is 13.9 Å². The highest BCUT2D eigenvalue weighted by molar-refractivity contribution is 7.89. The number of rotatable bonds is 8. The first-order chi connectivity index (χ1) is 16.0. The van der Waals surface area contributed by atoms with Gasteiger partial charge in [0, 0.05) is 33.7 Å². The minimum absolute atomic E-state index is 0.0483. The Balaban J connectivity index is 1.64. The van der Waals surface area contributed by atoms with Crippen molar-refractivity contribution in [1.29, 1.82) is 0 Å². The second kappa shape index (κ2) is 10.6. The van der Waals surface area contributed by atoms with Gasteiger partial charge in [-0.1, -0.05) is 23.7 Å². The third-order valence-electron chi connectivity index (χ3n) is 5.68. The Morgan fingerprint density at radius 1 is 1.12 bits per heavy atom. The molecule has 1 aliphatic rings. The number of ether oxygens (including phenoxy) is 1. The summed E-state index contributed by atoms with van der Waals surface area (Å²) in [6.45, 7) is 0.591. The van der Waals surface area contributed by atoms with Crippen LogP contribution in [0.1, 0.15) is 18.4 Å². The van der Waals surface area contributed by atoms with Crippen molar-refractivity contribution in [2.24, 2.45) is 5.92 Å². The predicted octanol–water partition coefficient (Wildman–Crippen LogP) is 2.32. The molecule has 1 saturated heterocycles. The number of benzene rings is 2. The zero-order valence-electron chi connectivity index (χ0n) is 19.2. The normalized spacial score (nSPS) is 17.5. The third-order valence-corrected chi connectivity index (χ3v) is 9.67. The van der Waals surface area contributed by atoms with Crippen molar-refractivity contribution < 1.29 is 26.4 Å². The maximum absolute atomic E-state index is 13.1. The van der Waals surface area contributed by atoms with Crippen LogP contribution in [0.5, 0.6) is 5.75 Å². The van der Waals surface area contributed by atoms with Gasteiger partial charge in [-0.15, -0.1) is 0 Å². The van der Waals surface area contributed by atoms with Crippen LogP contribution >= 0.6 is 11.6 Å². The average molecular weight is 530 g/mol. The fourth-order valence-corrected chi connectivity index (χ4v) is 6.43. The Bertz CT molecular complexity index is 1250. The van der Waals surface area contributed by atoms with Gasteiger partial charge in [-0.05, 0) is 48.7 Å². The summed E-state index contributed by atoms with van der Waals surface area (Å²) in [6, 6.07) is 10.5. The van der Waals surface area contributed by atoms with Gasteiger partial charge in [-0.25, -0.2) is 21.1 Å². The van der Waals surface area contributed by atoms with Crippen LogP contribution in [0.4, 0.5) is 0 Å². The molecule has 0 saturated carbocycles. The quantitative estimate of drug-likeness (QED) is 0.561. The molecule has 1 fully saturated rings. The van der Waals surface area contributed by atoms with Gasteiger partial charge in [0.25, 0.3) is 0 Å². The van der Waals surface area contributed by atoms with Crippen molar-refractivity contribution in [2.75, 3.05) is 34.3 Å². The number of hydrogen-bond donors (Lipinski definition) is 1. The van der Waals surface area contributed by atoms with Crippen LogP contribution in [0, 0.1) is 5.92 Å². The van der Waals surface area contributed by atoms with Crippen LogP contribution < -0.4 is 10.1 Å². The van der Waals surface area contributed by atoms with Crippen LogP contribution in [0.25, 0.3) is 0 Å². The van der Waals surface area contributed by atoms with Gasteiger partial charge < -0.3 is 10.1 Å². The van der Waals surface area contributed by atoms with Gasteiger partial charge in [0.2, 0.25) is 26.0 Å². The smallest absolute Gasteiger partial charge is 0.243 e. The summed E-state index contributed by atoms with van der Waals surface area (Å²) in [6.07, 6.45) is 1.12. The summed E-state index contributed by atoms with van der Waals surface area (Å²) >= 11 is 6.10. The fourth-order valence-electron chi connectivity index (χ4n) is 3.65. The van der Waals surface area contributed by atoms with Gasteiger partial charge >= 0.3 is 0 Å². The molecule has 0 aliphatic carbocycles. The monoisotopic (exact) mass is 529 g/mol. The molecule has 1 atom stereocenters. The van der Waals surface area contributed by atoms with E-state index >= 15 is 0 Å². The van der Waals surface area contributed by atoms with Crippen molar-refractivity contribution in [2.45, 2.75) is 29.2 Å². The van der Waals surface area contributed by atoms with Crippen LogP contribution in [-0.4, -0.2) is 65.6 Å². The number of nitrogens with one attached hydrogen (secondary N) is 1. The number of halogens is 1. The predicted molar refractivity (Wildman–Crippen MR) is 129 cm³/mol. The molecule has 0 radical (unpaired) electrons. The maximum Gasteiger partial charge on any atom is 0.243 e. The number of nitrogens with zero attached hydrogens (tertiary/aromatic N) is 2. The lowest BCUT2D eigenvalue weighted by Gasteiger charge is -2.31. The van der Waals surface area contributed by atoms with Crippen LogP contribution in [0.3, 0.4) is 0 Å². The SMILES string of the molecule is COc1ccc(S(=O)(=O)N2CCC[C@H](C(=O)NCc3ccc(S(=O)(=O)N(C)C)cc3)C2)cc1Cl. The molecule has 1 aliphatic heterocycles. The average Bonchev–Trinajstić information content (AvgIpc) is 2.82. The van der Waals surface area contributed by atoms with E-state index in [2.05, 4.69) is 5.32 Å². The van der Waals surface area contributed by atoms with Crippen LogP contribution in [-0.2, 0) is 31.4 Å². The van der Waals surface area contributed by atoms with E-state index in [4.69, 9.17) is 16.3 Å². The fraction of sp³-hybridized carbons (Fsp3) is 0.409. The van der Waals surface area contributed by atoms with Gasteiger partial charge in [0.1, 0.15) is 5.75 Å². The molecule has 12 heteroatoms. The molecule has 186 valence electrons. The van der Waals surface area contributed by atoms with Crippen LogP contribution in [0.15, 0.2) is 52.3 Å². The highest BCUT2D eigenvalue weighted by Gasteiger charge is 2.33. The summed E-state index contributed by atoms with van der Waals surface area (Å²) in [4.78, 5) is 13.0. The van der Waals surface area contributed by atoms with Crippen LogP contribution in [0.2, 0.25) is 5.02 Å². The van der Waals surface area contributed by atoms with E-state index in [9.17, 15) is 21.6 Å². The summed E-state index contributed by atoms with van der Waals surface area (Å²) in [5.74, 6) is -0.368. The Morgan fingerprint density at radius 3 is 2.35 bits per heavy atom. The lowest BCUT2D eigenvalue weighted by atomic mass is 9.99. The zero-order valence-corrected chi connectivity index (χ0v) is 21.6. The molecule has 0 spiro atoms. The number of methoxy groups -OCH3 is 1. The van der Waals surface area contributed by atoms with Gasteiger partial charge in [0.05, 0.1) is 27.8 Å². The molecular weight excluding hydrogens is 502 g/mol. The van der Waals surface area contributed by atoms with Gasteiger partial charge in [-0.2, -0.15) is 4.31 Å². The number of hydrogen-bond acceptors (Lipinski definition) is 6. The summed E-state index contributed by atoms with van der Waals surface area (Å²) in [5.41, 5.74) is 0.735. The van der Waals surface area contributed by atoms with Crippen molar-refractivity contribution in [3.8, 4) is 5.75 Å². The topological polar surface area (TPSA) is 113 Å². The first-order valence-corrected chi connectivity index (χ1v) is 13.9.